The zero-order valence-corrected chi connectivity index (χ0v) is 25.8. The molecular weight excluding hydrogens is 574 g/mol. The summed E-state index contributed by atoms with van der Waals surface area (Å²) in [4.78, 5) is 28.9. The second kappa shape index (κ2) is 14.1. The molecule has 1 atom stereocenters. The van der Waals surface area contributed by atoms with E-state index in [-0.39, 0.29) is 34.1 Å². The van der Waals surface area contributed by atoms with Crippen LogP contribution in [-0.4, -0.2) is 57.4 Å². The molecular formula is C32H38ClN3O5S. The van der Waals surface area contributed by atoms with E-state index in [0.717, 1.165) is 41.1 Å². The van der Waals surface area contributed by atoms with E-state index in [9.17, 15) is 18.0 Å². The maximum absolute atomic E-state index is 14.1. The van der Waals surface area contributed by atoms with Crippen molar-refractivity contribution in [3.8, 4) is 5.75 Å². The molecule has 0 radical (unpaired) electrons. The number of carbonyl (C=O) groups excluding carboxylic acids is 2. The number of anilines is 1. The number of hydrogen-bond donors (Lipinski definition) is 1. The van der Waals surface area contributed by atoms with Crippen molar-refractivity contribution >= 4 is 39.1 Å². The van der Waals surface area contributed by atoms with Crippen LogP contribution in [0.4, 0.5) is 5.69 Å². The monoisotopic (exact) mass is 611 g/mol. The Morgan fingerprint density at radius 2 is 1.69 bits per heavy atom. The van der Waals surface area contributed by atoms with E-state index in [0.29, 0.717) is 12.2 Å². The Bertz CT molecular complexity index is 1480. The zero-order chi connectivity index (χ0) is 30.3. The van der Waals surface area contributed by atoms with Crippen molar-refractivity contribution in [3.05, 3.63) is 88.9 Å². The van der Waals surface area contributed by atoms with Crippen LogP contribution in [0.15, 0.2) is 77.7 Å². The normalized spacial score (nSPS) is 14.3. The molecule has 0 saturated heterocycles. The number of carbonyl (C=O) groups is 2. The molecule has 1 aliphatic rings. The first-order chi connectivity index (χ1) is 20.1. The minimum atomic E-state index is -4.18. The molecule has 0 spiro atoms. The molecule has 1 fully saturated rings. The van der Waals surface area contributed by atoms with E-state index < -0.39 is 28.5 Å². The molecule has 42 heavy (non-hydrogen) atoms. The number of hydrogen-bond acceptors (Lipinski definition) is 5. The number of aryl methyl sites for hydroxylation is 1. The van der Waals surface area contributed by atoms with E-state index in [1.165, 1.54) is 30.2 Å². The summed E-state index contributed by atoms with van der Waals surface area (Å²) in [5, 5.41) is 3.29. The molecule has 10 heteroatoms. The SMILES string of the molecule is COc1ccc(N(CC(=O)N(CCc2ccccc2)[C@@H](C)C(=O)NC2CCCC2)S(=O)(=O)c2ccc(C)cc2)cc1Cl. The number of methoxy groups -OCH3 is 1. The van der Waals surface area contributed by atoms with E-state index >= 15 is 0 Å². The molecule has 1 saturated carbocycles. The van der Waals surface area contributed by atoms with Gasteiger partial charge in [-0.2, -0.15) is 0 Å². The van der Waals surface area contributed by atoms with Crippen LogP contribution < -0.4 is 14.4 Å². The van der Waals surface area contributed by atoms with Gasteiger partial charge in [-0.25, -0.2) is 8.42 Å². The Balaban J connectivity index is 1.67. The lowest BCUT2D eigenvalue weighted by atomic mass is 10.1. The van der Waals surface area contributed by atoms with Gasteiger partial charge in [0.2, 0.25) is 11.8 Å². The minimum absolute atomic E-state index is 0.0377. The summed E-state index contributed by atoms with van der Waals surface area (Å²) >= 11 is 6.39. The number of nitrogens with zero attached hydrogens (tertiary/aromatic N) is 2. The van der Waals surface area contributed by atoms with Gasteiger partial charge in [0.15, 0.2) is 0 Å². The average Bonchev–Trinajstić information content (AvgIpc) is 3.49. The predicted octanol–water partition coefficient (Wildman–Crippen LogP) is 5.37. The Morgan fingerprint density at radius 3 is 2.31 bits per heavy atom. The fourth-order valence-electron chi connectivity index (χ4n) is 5.14. The van der Waals surface area contributed by atoms with Gasteiger partial charge in [0.05, 0.1) is 22.7 Å². The topological polar surface area (TPSA) is 96.0 Å². The third-order valence-corrected chi connectivity index (χ3v) is 9.75. The quantitative estimate of drug-likeness (QED) is 0.297. The van der Waals surface area contributed by atoms with Crippen molar-refractivity contribution in [2.75, 3.05) is 24.5 Å². The first-order valence-corrected chi connectivity index (χ1v) is 16.0. The second-order valence-corrected chi connectivity index (χ2v) is 12.9. The molecule has 224 valence electrons. The predicted molar refractivity (Wildman–Crippen MR) is 165 cm³/mol. The van der Waals surface area contributed by atoms with Gasteiger partial charge in [-0.1, -0.05) is 72.5 Å². The molecule has 2 amide bonds. The summed E-state index contributed by atoms with van der Waals surface area (Å²) in [7, 11) is -2.72. The van der Waals surface area contributed by atoms with Crippen LogP contribution in [0.25, 0.3) is 0 Å². The molecule has 0 heterocycles. The van der Waals surface area contributed by atoms with Gasteiger partial charge in [-0.15, -0.1) is 0 Å². The Labute approximate surface area is 253 Å². The van der Waals surface area contributed by atoms with Gasteiger partial charge in [0.1, 0.15) is 18.3 Å². The Morgan fingerprint density at radius 1 is 1.02 bits per heavy atom. The fourth-order valence-corrected chi connectivity index (χ4v) is 6.80. The third kappa shape index (κ3) is 7.63. The summed E-state index contributed by atoms with van der Waals surface area (Å²) in [6.07, 6.45) is 4.46. The second-order valence-electron chi connectivity index (χ2n) is 10.6. The third-order valence-electron chi connectivity index (χ3n) is 7.66. The minimum Gasteiger partial charge on any atom is -0.495 e. The number of rotatable bonds is 12. The number of halogens is 1. The Kier molecular flexibility index (Phi) is 10.5. The number of nitrogens with one attached hydrogen (secondary N) is 1. The van der Waals surface area contributed by atoms with Crippen molar-refractivity contribution in [2.24, 2.45) is 0 Å². The molecule has 0 aromatic heterocycles. The van der Waals surface area contributed by atoms with Crippen LogP contribution in [0, 0.1) is 6.92 Å². The van der Waals surface area contributed by atoms with Crippen molar-refractivity contribution in [1.29, 1.82) is 0 Å². The highest BCUT2D eigenvalue weighted by Gasteiger charge is 2.33. The van der Waals surface area contributed by atoms with Crippen molar-refractivity contribution in [2.45, 2.75) is 62.9 Å². The summed E-state index contributed by atoms with van der Waals surface area (Å²) in [5.41, 5.74) is 2.11. The molecule has 0 unspecified atom stereocenters. The molecule has 4 rings (SSSR count). The number of ether oxygens (including phenoxy) is 1. The molecule has 8 nitrogen and oxygen atoms in total. The van der Waals surface area contributed by atoms with E-state index in [1.54, 1.807) is 31.2 Å². The maximum Gasteiger partial charge on any atom is 0.264 e. The molecule has 3 aromatic carbocycles. The number of amides is 2. The lowest BCUT2D eigenvalue weighted by molar-refractivity contribution is -0.139. The zero-order valence-electron chi connectivity index (χ0n) is 24.3. The van der Waals surface area contributed by atoms with Crippen LogP contribution in [-0.2, 0) is 26.0 Å². The van der Waals surface area contributed by atoms with Crippen molar-refractivity contribution in [1.82, 2.24) is 10.2 Å². The van der Waals surface area contributed by atoms with Gasteiger partial charge in [-0.05, 0) is 69.0 Å². The average molecular weight is 612 g/mol. The Hall–Kier alpha value is -3.56. The van der Waals surface area contributed by atoms with E-state index in [1.807, 2.05) is 37.3 Å². The lowest BCUT2D eigenvalue weighted by Crippen LogP contribution is -2.53. The molecule has 0 bridgehead atoms. The van der Waals surface area contributed by atoms with Gasteiger partial charge in [0.25, 0.3) is 10.0 Å². The van der Waals surface area contributed by atoms with Crippen LogP contribution in [0.2, 0.25) is 5.02 Å². The first kappa shape index (κ1) is 31.4. The molecule has 0 aliphatic heterocycles. The van der Waals surface area contributed by atoms with Crippen molar-refractivity contribution in [3.63, 3.8) is 0 Å². The van der Waals surface area contributed by atoms with Crippen LogP contribution in [0.1, 0.15) is 43.7 Å². The highest BCUT2D eigenvalue weighted by molar-refractivity contribution is 7.92. The van der Waals surface area contributed by atoms with Crippen LogP contribution in [0.5, 0.6) is 5.75 Å². The highest BCUT2D eigenvalue weighted by atomic mass is 35.5. The highest BCUT2D eigenvalue weighted by Crippen LogP contribution is 2.32. The van der Waals surface area contributed by atoms with Gasteiger partial charge in [-0.3, -0.25) is 13.9 Å². The summed E-state index contributed by atoms with van der Waals surface area (Å²) < 4.78 is 34.3. The molecule has 1 N–H and O–H groups in total. The first-order valence-electron chi connectivity index (χ1n) is 14.2. The van der Waals surface area contributed by atoms with Crippen LogP contribution in [0.3, 0.4) is 0 Å². The number of benzene rings is 3. The summed E-state index contributed by atoms with van der Waals surface area (Å²) in [6, 6.07) is 20.0. The smallest absolute Gasteiger partial charge is 0.264 e. The molecule has 1 aliphatic carbocycles. The largest absolute Gasteiger partial charge is 0.495 e. The van der Waals surface area contributed by atoms with Crippen LogP contribution >= 0.6 is 11.6 Å². The van der Waals surface area contributed by atoms with Crippen molar-refractivity contribution < 1.29 is 22.7 Å². The van der Waals surface area contributed by atoms with Gasteiger partial charge < -0.3 is 15.0 Å². The molecule has 3 aromatic rings. The summed E-state index contributed by atoms with van der Waals surface area (Å²) in [6.45, 7) is 3.28. The maximum atomic E-state index is 14.1. The lowest BCUT2D eigenvalue weighted by Gasteiger charge is -2.32. The standard InChI is InChI=1S/C32H38ClN3O5S/c1-23-13-16-28(17-14-23)42(39,40)36(27-15-18-30(41-3)29(33)21-27)22-31(37)35(20-19-25-9-5-4-6-10-25)24(2)32(38)34-26-11-7-8-12-26/h4-6,9-10,13-18,21,24,26H,7-8,11-12,19-20,22H2,1-3H3,(H,34,38)/t24-/m0/s1. The fraction of sp³-hybridized carbons (Fsp3) is 0.375. The van der Waals surface area contributed by atoms with Gasteiger partial charge >= 0.3 is 0 Å². The number of sulfonamides is 1. The summed E-state index contributed by atoms with van der Waals surface area (Å²) in [5.74, 6) is -0.368. The van der Waals surface area contributed by atoms with E-state index in [2.05, 4.69) is 5.32 Å². The van der Waals surface area contributed by atoms with E-state index in [4.69, 9.17) is 16.3 Å². The van der Waals surface area contributed by atoms with Gasteiger partial charge in [0, 0.05) is 12.6 Å².